The van der Waals surface area contributed by atoms with Crippen LogP contribution in [0.25, 0.3) is 0 Å². The third kappa shape index (κ3) is 5.41. The topological polar surface area (TPSA) is 71.1 Å². The first-order valence-electron chi connectivity index (χ1n) is 9.89. The molecular formula is C23H31N3O2. The highest BCUT2D eigenvalue weighted by Gasteiger charge is 2.18. The van der Waals surface area contributed by atoms with E-state index >= 15 is 0 Å². The van der Waals surface area contributed by atoms with Gasteiger partial charge in [-0.15, -0.1) is 0 Å². The van der Waals surface area contributed by atoms with Gasteiger partial charge in [0.2, 0.25) is 0 Å². The van der Waals surface area contributed by atoms with Gasteiger partial charge in [-0.25, -0.2) is 0 Å². The number of benzene rings is 1. The van der Waals surface area contributed by atoms with Gasteiger partial charge >= 0.3 is 0 Å². The molecule has 1 aromatic heterocycles. The maximum Gasteiger partial charge on any atom is 0.269 e. The average molecular weight is 382 g/mol. The van der Waals surface area contributed by atoms with E-state index in [-0.39, 0.29) is 29.3 Å². The standard InChI is InChI=1S/C23H31N3O2/c1-14(2)13-25-23(28)20-12-17(10-11-24-20)22(27)26-21-18(15(3)4)8-7-9-19(21)16(5)6/h7-12,14-16H,13H2,1-6H3,(H,25,28)(H,26,27). The Morgan fingerprint density at radius 1 is 0.929 bits per heavy atom. The molecule has 0 aliphatic rings. The molecule has 150 valence electrons. The van der Waals surface area contributed by atoms with E-state index in [1.807, 2.05) is 32.0 Å². The number of carbonyl (C=O) groups excluding carboxylic acids is 2. The van der Waals surface area contributed by atoms with Crippen molar-refractivity contribution in [1.29, 1.82) is 0 Å². The SMILES string of the molecule is CC(C)CNC(=O)c1cc(C(=O)Nc2c(C(C)C)cccc2C(C)C)ccn1. The molecule has 2 aromatic rings. The van der Waals surface area contributed by atoms with Crippen molar-refractivity contribution in [2.75, 3.05) is 11.9 Å². The molecule has 5 nitrogen and oxygen atoms in total. The Labute approximate surface area is 168 Å². The molecular weight excluding hydrogens is 350 g/mol. The van der Waals surface area contributed by atoms with E-state index in [0.717, 1.165) is 16.8 Å². The van der Waals surface area contributed by atoms with Gasteiger partial charge in [-0.2, -0.15) is 0 Å². The fourth-order valence-electron chi connectivity index (χ4n) is 2.96. The number of nitrogens with zero attached hydrogens (tertiary/aromatic N) is 1. The Kier molecular flexibility index (Phi) is 7.32. The normalized spacial score (nSPS) is 11.2. The van der Waals surface area contributed by atoms with E-state index in [2.05, 4.69) is 43.3 Å². The van der Waals surface area contributed by atoms with Crippen LogP contribution in [0.5, 0.6) is 0 Å². The summed E-state index contributed by atoms with van der Waals surface area (Å²) in [6.07, 6.45) is 1.50. The molecule has 2 amide bonds. The van der Waals surface area contributed by atoms with E-state index in [0.29, 0.717) is 18.0 Å². The number of hydrogen-bond donors (Lipinski definition) is 2. The highest BCUT2D eigenvalue weighted by Crippen LogP contribution is 2.32. The largest absolute Gasteiger partial charge is 0.350 e. The molecule has 0 fully saturated rings. The van der Waals surface area contributed by atoms with Crippen LogP contribution in [0, 0.1) is 5.92 Å². The zero-order valence-corrected chi connectivity index (χ0v) is 17.7. The Bertz CT molecular complexity index is 815. The van der Waals surface area contributed by atoms with Gasteiger partial charge in [-0.05, 0) is 41.0 Å². The Balaban J connectivity index is 2.29. The minimum atomic E-state index is -0.270. The van der Waals surface area contributed by atoms with E-state index in [1.165, 1.54) is 12.3 Å². The quantitative estimate of drug-likeness (QED) is 0.711. The first kappa shape index (κ1) is 21.6. The van der Waals surface area contributed by atoms with Crippen molar-refractivity contribution in [1.82, 2.24) is 10.3 Å². The molecule has 0 atom stereocenters. The molecule has 0 aliphatic heterocycles. The van der Waals surface area contributed by atoms with Crippen LogP contribution in [-0.2, 0) is 0 Å². The van der Waals surface area contributed by atoms with Crippen molar-refractivity contribution in [3.8, 4) is 0 Å². The molecule has 0 saturated carbocycles. The number of hydrogen-bond acceptors (Lipinski definition) is 3. The van der Waals surface area contributed by atoms with Crippen LogP contribution >= 0.6 is 0 Å². The van der Waals surface area contributed by atoms with Crippen LogP contribution in [0.4, 0.5) is 5.69 Å². The van der Waals surface area contributed by atoms with Gasteiger partial charge < -0.3 is 10.6 Å². The monoisotopic (exact) mass is 381 g/mol. The molecule has 0 unspecified atom stereocenters. The van der Waals surface area contributed by atoms with E-state index in [1.54, 1.807) is 6.07 Å². The fourth-order valence-corrected chi connectivity index (χ4v) is 2.96. The van der Waals surface area contributed by atoms with Gasteiger partial charge in [0.1, 0.15) is 5.69 Å². The molecule has 28 heavy (non-hydrogen) atoms. The molecule has 1 aromatic carbocycles. The van der Waals surface area contributed by atoms with Crippen LogP contribution in [0.1, 0.15) is 85.4 Å². The fraction of sp³-hybridized carbons (Fsp3) is 0.435. The van der Waals surface area contributed by atoms with Crippen LogP contribution in [0.2, 0.25) is 0 Å². The molecule has 0 radical (unpaired) electrons. The Morgan fingerprint density at radius 2 is 1.54 bits per heavy atom. The average Bonchev–Trinajstić information content (AvgIpc) is 2.65. The van der Waals surface area contributed by atoms with Crippen LogP contribution in [0.3, 0.4) is 0 Å². The number of para-hydroxylation sites is 1. The third-order valence-corrected chi connectivity index (χ3v) is 4.54. The summed E-state index contributed by atoms with van der Waals surface area (Å²) >= 11 is 0. The zero-order valence-electron chi connectivity index (χ0n) is 17.7. The first-order chi connectivity index (χ1) is 13.2. The summed E-state index contributed by atoms with van der Waals surface area (Å²) in [4.78, 5) is 29.3. The number of nitrogens with one attached hydrogen (secondary N) is 2. The maximum atomic E-state index is 12.9. The first-order valence-corrected chi connectivity index (χ1v) is 9.89. The molecule has 0 spiro atoms. The van der Waals surface area contributed by atoms with Gasteiger partial charge in [0, 0.05) is 24.0 Å². The Hall–Kier alpha value is -2.69. The molecule has 0 saturated heterocycles. The highest BCUT2D eigenvalue weighted by molar-refractivity contribution is 6.06. The third-order valence-electron chi connectivity index (χ3n) is 4.54. The molecule has 2 rings (SSSR count). The number of rotatable bonds is 7. The summed E-state index contributed by atoms with van der Waals surface area (Å²) in [6.45, 7) is 13.1. The second kappa shape index (κ2) is 9.49. The number of pyridine rings is 1. The van der Waals surface area contributed by atoms with Crippen molar-refractivity contribution >= 4 is 17.5 Å². The van der Waals surface area contributed by atoms with Crippen molar-refractivity contribution in [2.45, 2.75) is 53.4 Å². The summed E-state index contributed by atoms with van der Waals surface area (Å²) < 4.78 is 0. The lowest BCUT2D eigenvalue weighted by atomic mass is 9.92. The molecule has 1 heterocycles. The van der Waals surface area contributed by atoms with Crippen molar-refractivity contribution in [2.24, 2.45) is 5.92 Å². The smallest absolute Gasteiger partial charge is 0.269 e. The second-order valence-electron chi connectivity index (χ2n) is 8.11. The highest BCUT2D eigenvalue weighted by atomic mass is 16.2. The van der Waals surface area contributed by atoms with Gasteiger partial charge in [-0.1, -0.05) is 59.7 Å². The lowest BCUT2D eigenvalue weighted by Gasteiger charge is -2.20. The summed E-state index contributed by atoms with van der Waals surface area (Å²) in [6, 6.07) is 9.29. The van der Waals surface area contributed by atoms with Gasteiger partial charge in [0.25, 0.3) is 11.8 Å². The summed E-state index contributed by atoms with van der Waals surface area (Å²) in [7, 11) is 0. The lowest BCUT2D eigenvalue weighted by molar-refractivity contribution is 0.0944. The molecule has 5 heteroatoms. The predicted molar refractivity (Wildman–Crippen MR) is 114 cm³/mol. The van der Waals surface area contributed by atoms with Gasteiger partial charge in [0.05, 0.1) is 0 Å². The van der Waals surface area contributed by atoms with Gasteiger partial charge in [-0.3, -0.25) is 14.6 Å². The van der Waals surface area contributed by atoms with Gasteiger partial charge in [0.15, 0.2) is 0 Å². The molecule has 0 aliphatic carbocycles. The number of anilines is 1. The predicted octanol–water partition coefficient (Wildman–Crippen LogP) is 4.97. The Morgan fingerprint density at radius 3 is 2.07 bits per heavy atom. The summed E-state index contributed by atoms with van der Waals surface area (Å²) in [5.74, 6) is 0.397. The molecule has 2 N–H and O–H groups in total. The van der Waals surface area contributed by atoms with Crippen LogP contribution < -0.4 is 10.6 Å². The second-order valence-corrected chi connectivity index (χ2v) is 8.11. The van der Waals surface area contributed by atoms with Crippen molar-refractivity contribution in [3.63, 3.8) is 0 Å². The van der Waals surface area contributed by atoms with Crippen molar-refractivity contribution < 1.29 is 9.59 Å². The number of amides is 2. The van der Waals surface area contributed by atoms with Crippen LogP contribution in [0.15, 0.2) is 36.5 Å². The van der Waals surface area contributed by atoms with Crippen LogP contribution in [-0.4, -0.2) is 23.3 Å². The molecule has 0 bridgehead atoms. The van der Waals surface area contributed by atoms with Crippen molar-refractivity contribution in [3.05, 3.63) is 58.9 Å². The lowest BCUT2D eigenvalue weighted by Crippen LogP contribution is -2.28. The zero-order chi connectivity index (χ0) is 20.8. The number of carbonyl (C=O) groups is 2. The van der Waals surface area contributed by atoms with E-state index in [4.69, 9.17) is 0 Å². The maximum absolute atomic E-state index is 12.9. The number of aromatic nitrogens is 1. The summed E-state index contributed by atoms with van der Waals surface area (Å²) in [5.41, 5.74) is 3.72. The van der Waals surface area contributed by atoms with E-state index < -0.39 is 0 Å². The summed E-state index contributed by atoms with van der Waals surface area (Å²) in [5, 5.41) is 5.91. The minimum absolute atomic E-state index is 0.240. The minimum Gasteiger partial charge on any atom is -0.350 e. The van der Waals surface area contributed by atoms with E-state index in [9.17, 15) is 9.59 Å².